The molecule has 0 spiro atoms. The Balaban J connectivity index is 1.44. The third-order valence-electron chi connectivity index (χ3n) is 6.03. The van der Waals surface area contributed by atoms with Gasteiger partial charge in [-0.25, -0.2) is 13.8 Å². The molecule has 4 aromatic rings. The number of aryl methyl sites for hydroxylation is 2. The summed E-state index contributed by atoms with van der Waals surface area (Å²) in [4.78, 5) is 12.8. The molecule has 36 heavy (non-hydrogen) atoms. The van der Waals surface area contributed by atoms with Crippen LogP contribution in [0.2, 0.25) is 0 Å². The largest absolute Gasteiger partial charge is 0.318 e. The zero-order valence-electron chi connectivity index (χ0n) is 20.6. The minimum atomic E-state index is -3.69. The van der Waals surface area contributed by atoms with E-state index in [0.717, 1.165) is 22.6 Å². The van der Waals surface area contributed by atoms with Crippen LogP contribution in [0.3, 0.4) is 0 Å². The average Bonchev–Trinajstić information content (AvgIpc) is 3.17. The molecule has 0 unspecified atom stereocenters. The standard InChI is InChI=1S/C28H28N4O3S/c1-20-10-14-26(15-11-20)32-21(2)18-24(22(32)3)19-29-30-28(33)23-12-16-25(17-13-23)31(4)36(34,35)27-8-6-5-7-9-27/h5-19H,1-4H3,(H,30,33)/b29-19-. The van der Waals surface area contributed by atoms with Gasteiger partial charge in [-0.1, -0.05) is 35.9 Å². The highest BCUT2D eigenvalue weighted by Gasteiger charge is 2.21. The number of nitrogens with zero attached hydrogens (tertiary/aromatic N) is 3. The van der Waals surface area contributed by atoms with Crippen molar-refractivity contribution >= 4 is 27.8 Å². The van der Waals surface area contributed by atoms with Gasteiger partial charge in [0.15, 0.2) is 0 Å². The van der Waals surface area contributed by atoms with E-state index in [1.165, 1.54) is 16.9 Å². The number of hydrazone groups is 1. The van der Waals surface area contributed by atoms with Gasteiger partial charge in [-0.3, -0.25) is 9.10 Å². The number of hydrogen-bond donors (Lipinski definition) is 1. The number of rotatable bonds is 7. The fourth-order valence-corrected chi connectivity index (χ4v) is 5.16. The second-order valence-electron chi connectivity index (χ2n) is 8.53. The molecular formula is C28H28N4O3S. The molecule has 0 atom stereocenters. The number of carbonyl (C=O) groups excluding carboxylic acids is 1. The Hall–Kier alpha value is -4.17. The highest BCUT2D eigenvalue weighted by molar-refractivity contribution is 7.92. The van der Waals surface area contributed by atoms with Crippen molar-refractivity contribution < 1.29 is 13.2 Å². The molecular weight excluding hydrogens is 472 g/mol. The number of anilines is 1. The maximum absolute atomic E-state index is 12.8. The predicted octanol–water partition coefficient (Wildman–Crippen LogP) is 4.99. The van der Waals surface area contributed by atoms with Crippen LogP contribution in [0.25, 0.3) is 5.69 Å². The zero-order chi connectivity index (χ0) is 25.9. The third kappa shape index (κ3) is 5.08. The van der Waals surface area contributed by atoms with E-state index in [0.29, 0.717) is 11.3 Å². The lowest BCUT2D eigenvalue weighted by molar-refractivity contribution is 0.0955. The lowest BCUT2D eigenvalue weighted by atomic mass is 10.2. The topological polar surface area (TPSA) is 83.8 Å². The van der Waals surface area contributed by atoms with Gasteiger partial charge in [0, 0.05) is 35.2 Å². The third-order valence-corrected chi connectivity index (χ3v) is 7.83. The normalized spacial score (nSPS) is 11.6. The molecule has 0 aliphatic rings. The van der Waals surface area contributed by atoms with Crippen molar-refractivity contribution in [2.75, 3.05) is 11.4 Å². The highest BCUT2D eigenvalue weighted by atomic mass is 32.2. The van der Waals surface area contributed by atoms with Crippen LogP contribution in [0.15, 0.2) is 94.9 Å². The molecule has 0 radical (unpaired) electrons. The number of carbonyl (C=O) groups is 1. The number of benzene rings is 3. The lowest BCUT2D eigenvalue weighted by Crippen LogP contribution is -2.26. The Morgan fingerprint density at radius 1 is 0.917 bits per heavy atom. The summed E-state index contributed by atoms with van der Waals surface area (Å²) in [6, 6.07) is 24.8. The number of hydrogen-bond acceptors (Lipinski definition) is 4. The predicted molar refractivity (Wildman–Crippen MR) is 144 cm³/mol. The lowest BCUT2D eigenvalue weighted by Gasteiger charge is -2.19. The van der Waals surface area contributed by atoms with Gasteiger partial charge >= 0.3 is 0 Å². The Bertz CT molecular complexity index is 1510. The van der Waals surface area contributed by atoms with Gasteiger partial charge in [-0.05, 0) is 75.4 Å². The van der Waals surface area contributed by atoms with Gasteiger partial charge in [0.05, 0.1) is 16.8 Å². The Kier molecular flexibility index (Phi) is 7.07. The van der Waals surface area contributed by atoms with Gasteiger partial charge in [0.2, 0.25) is 0 Å². The van der Waals surface area contributed by atoms with Crippen LogP contribution in [0.5, 0.6) is 0 Å². The van der Waals surface area contributed by atoms with Crippen molar-refractivity contribution in [3.8, 4) is 5.69 Å². The molecule has 0 saturated carbocycles. The van der Waals surface area contributed by atoms with Crippen LogP contribution in [0, 0.1) is 20.8 Å². The Morgan fingerprint density at radius 3 is 2.19 bits per heavy atom. The Morgan fingerprint density at radius 2 is 1.56 bits per heavy atom. The summed E-state index contributed by atoms with van der Waals surface area (Å²) in [5.41, 5.74) is 8.60. The first kappa shape index (κ1) is 24.9. The first-order valence-electron chi connectivity index (χ1n) is 11.4. The van der Waals surface area contributed by atoms with Crippen molar-refractivity contribution in [3.63, 3.8) is 0 Å². The van der Waals surface area contributed by atoms with E-state index in [1.54, 1.807) is 60.8 Å². The fraction of sp³-hybridized carbons (Fsp3) is 0.143. The summed E-state index contributed by atoms with van der Waals surface area (Å²) in [5.74, 6) is -0.390. The maximum Gasteiger partial charge on any atom is 0.271 e. The van der Waals surface area contributed by atoms with Crippen LogP contribution in [0.1, 0.15) is 32.9 Å². The molecule has 1 N–H and O–H groups in total. The molecule has 4 rings (SSSR count). The summed E-state index contributed by atoms with van der Waals surface area (Å²) < 4.78 is 29.0. The minimum absolute atomic E-state index is 0.199. The van der Waals surface area contributed by atoms with Crippen molar-refractivity contribution in [2.24, 2.45) is 5.10 Å². The molecule has 0 aliphatic carbocycles. The van der Waals surface area contributed by atoms with E-state index in [1.807, 2.05) is 19.9 Å². The average molecular weight is 501 g/mol. The van der Waals surface area contributed by atoms with E-state index in [-0.39, 0.29) is 4.90 Å². The molecule has 0 aliphatic heterocycles. The van der Waals surface area contributed by atoms with Crippen molar-refractivity contribution in [3.05, 3.63) is 113 Å². The molecule has 0 saturated heterocycles. The van der Waals surface area contributed by atoms with Gasteiger partial charge < -0.3 is 4.57 Å². The molecule has 0 fully saturated rings. The minimum Gasteiger partial charge on any atom is -0.318 e. The molecule has 1 aromatic heterocycles. The Labute approximate surface area is 211 Å². The van der Waals surface area contributed by atoms with Crippen molar-refractivity contribution in [2.45, 2.75) is 25.7 Å². The monoisotopic (exact) mass is 500 g/mol. The molecule has 1 amide bonds. The number of amides is 1. The van der Waals surface area contributed by atoms with Crippen LogP contribution < -0.4 is 9.73 Å². The van der Waals surface area contributed by atoms with E-state index in [4.69, 9.17) is 0 Å². The van der Waals surface area contributed by atoms with Crippen molar-refractivity contribution in [1.82, 2.24) is 9.99 Å². The number of nitrogens with one attached hydrogen (secondary N) is 1. The first-order valence-corrected chi connectivity index (χ1v) is 12.9. The molecule has 184 valence electrons. The van der Waals surface area contributed by atoms with Crippen LogP contribution >= 0.6 is 0 Å². The molecule has 3 aromatic carbocycles. The maximum atomic E-state index is 12.8. The summed E-state index contributed by atoms with van der Waals surface area (Å²) in [7, 11) is -2.21. The summed E-state index contributed by atoms with van der Waals surface area (Å²) >= 11 is 0. The summed E-state index contributed by atoms with van der Waals surface area (Å²) in [6.07, 6.45) is 1.62. The first-order chi connectivity index (χ1) is 17.2. The quantitative estimate of drug-likeness (QED) is 0.287. The van der Waals surface area contributed by atoms with Crippen LogP contribution in [-0.2, 0) is 10.0 Å². The second-order valence-corrected chi connectivity index (χ2v) is 10.5. The van der Waals surface area contributed by atoms with Gasteiger partial charge in [0.25, 0.3) is 15.9 Å². The van der Waals surface area contributed by atoms with Gasteiger partial charge in [-0.15, -0.1) is 0 Å². The second kappa shape index (κ2) is 10.2. The summed E-state index contributed by atoms with van der Waals surface area (Å²) in [5, 5.41) is 4.13. The van der Waals surface area contributed by atoms with Gasteiger partial charge in [-0.2, -0.15) is 5.10 Å². The fourth-order valence-electron chi connectivity index (χ4n) is 3.95. The molecule has 7 nitrogen and oxygen atoms in total. The van der Waals surface area contributed by atoms with E-state index in [9.17, 15) is 13.2 Å². The van der Waals surface area contributed by atoms with E-state index >= 15 is 0 Å². The zero-order valence-corrected chi connectivity index (χ0v) is 21.5. The highest BCUT2D eigenvalue weighted by Crippen LogP contribution is 2.23. The van der Waals surface area contributed by atoms with E-state index in [2.05, 4.69) is 46.3 Å². The SMILES string of the molecule is Cc1ccc(-n2c(C)cc(/C=N\NC(=O)c3ccc(N(C)S(=O)(=O)c4ccccc4)cc3)c2C)cc1. The number of aromatic nitrogens is 1. The summed E-state index contributed by atoms with van der Waals surface area (Å²) in [6.45, 7) is 6.09. The smallest absolute Gasteiger partial charge is 0.271 e. The van der Waals surface area contributed by atoms with Crippen molar-refractivity contribution in [1.29, 1.82) is 0 Å². The van der Waals surface area contributed by atoms with Gasteiger partial charge in [0.1, 0.15) is 0 Å². The van der Waals surface area contributed by atoms with Crippen LogP contribution in [0.4, 0.5) is 5.69 Å². The molecule has 8 heteroatoms. The molecule has 0 bridgehead atoms. The van der Waals surface area contributed by atoms with E-state index < -0.39 is 15.9 Å². The molecule has 1 heterocycles. The number of sulfonamides is 1. The van der Waals surface area contributed by atoms with Crippen LogP contribution in [-0.4, -0.2) is 32.2 Å².